The fraction of sp³-hybridized carbons (Fsp3) is 0.625. The number of thioether (sulfide) groups is 1. The van der Waals surface area contributed by atoms with Crippen molar-refractivity contribution in [2.45, 2.75) is 12.7 Å². The van der Waals surface area contributed by atoms with E-state index in [9.17, 15) is 0 Å². The summed E-state index contributed by atoms with van der Waals surface area (Å²) in [6, 6.07) is 0. The largest absolute Gasteiger partial charge is 0.396 e. The van der Waals surface area contributed by atoms with Crippen LogP contribution in [0.3, 0.4) is 0 Å². The summed E-state index contributed by atoms with van der Waals surface area (Å²) in [7, 11) is 1.84. The average Bonchev–Trinajstić information content (AvgIpc) is 2.32. The minimum absolute atomic E-state index is 0.212. The first-order valence-corrected chi connectivity index (χ1v) is 5.28. The van der Waals surface area contributed by atoms with E-state index in [1.165, 1.54) is 0 Å². The lowest BCUT2D eigenvalue weighted by Crippen LogP contribution is -1.99. The number of nitrogens with two attached hydrogens (primary N) is 1. The highest BCUT2D eigenvalue weighted by Crippen LogP contribution is 2.20. The van der Waals surface area contributed by atoms with Gasteiger partial charge in [0.15, 0.2) is 0 Å². The smallest absolute Gasteiger partial charge is 0.125 e. The molecule has 0 amide bonds. The van der Waals surface area contributed by atoms with Gasteiger partial charge in [-0.05, 0) is 6.92 Å². The summed E-state index contributed by atoms with van der Waals surface area (Å²) in [4.78, 5) is 0. The SMILES string of the molecule is Cc1nn(C)c(N)c1CSCCO. The van der Waals surface area contributed by atoms with E-state index in [2.05, 4.69) is 5.10 Å². The van der Waals surface area contributed by atoms with Crippen LogP contribution in [0.1, 0.15) is 11.3 Å². The molecule has 0 aliphatic carbocycles. The number of hydrogen-bond acceptors (Lipinski definition) is 4. The third-order valence-corrected chi connectivity index (χ3v) is 2.84. The maximum atomic E-state index is 8.62. The summed E-state index contributed by atoms with van der Waals surface area (Å²) in [5.74, 6) is 2.29. The van der Waals surface area contributed by atoms with E-state index in [4.69, 9.17) is 10.8 Å². The molecule has 0 fully saturated rings. The van der Waals surface area contributed by atoms with Crippen molar-refractivity contribution in [2.75, 3.05) is 18.1 Å². The molecule has 1 aromatic rings. The minimum Gasteiger partial charge on any atom is -0.396 e. The van der Waals surface area contributed by atoms with E-state index < -0.39 is 0 Å². The second kappa shape index (κ2) is 4.53. The number of nitrogen functional groups attached to an aromatic ring is 1. The predicted octanol–water partition coefficient (Wildman–Crippen LogP) is 0.536. The standard InChI is InChI=1S/C8H15N3OS/c1-6-7(5-13-4-3-12)8(9)11(2)10-6/h12H,3-5,9H2,1-2H3. The van der Waals surface area contributed by atoms with Crippen molar-refractivity contribution in [2.24, 2.45) is 7.05 Å². The van der Waals surface area contributed by atoms with Crippen molar-refractivity contribution in [3.05, 3.63) is 11.3 Å². The lowest BCUT2D eigenvalue weighted by Gasteiger charge is -2.00. The molecule has 0 saturated heterocycles. The van der Waals surface area contributed by atoms with Crippen LogP contribution in [-0.4, -0.2) is 27.2 Å². The molecule has 74 valence electrons. The Kier molecular flexibility index (Phi) is 3.62. The molecule has 0 radical (unpaired) electrons. The van der Waals surface area contributed by atoms with Gasteiger partial charge in [-0.3, -0.25) is 4.68 Å². The number of nitrogens with zero attached hydrogens (tertiary/aromatic N) is 2. The van der Waals surface area contributed by atoms with Gasteiger partial charge in [-0.2, -0.15) is 16.9 Å². The van der Waals surface area contributed by atoms with Gasteiger partial charge in [-0.25, -0.2) is 0 Å². The van der Waals surface area contributed by atoms with Crippen LogP contribution in [0.4, 0.5) is 5.82 Å². The van der Waals surface area contributed by atoms with E-state index >= 15 is 0 Å². The molecule has 1 heterocycles. The number of aliphatic hydroxyl groups excluding tert-OH is 1. The molecular formula is C8H15N3OS. The van der Waals surface area contributed by atoms with Crippen molar-refractivity contribution >= 4 is 17.6 Å². The van der Waals surface area contributed by atoms with Gasteiger partial charge in [0.1, 0.15) is 5.82 Å². The van der Waals surface area contributed by atoms with Crippen LogP contribution in [0.15, 0.2) is 0 Å². The first kappa shape index (κ1) is 10.4. The van der Waals surface area contributed by atoms with Crippen molar-refractivity contribution in [3.63, 3.8) is 0 Å². The summed E-state index contributed by atoms with van der Waals surface area (Å²) < 4.78 is 1.68. The van der Waals surface area contributed by atoms with Crippen LogP contribution in [0, 0.1) is 6.92 Å². The minimum atomic E-state index is 0.212. The molecule has 0 bridgehead atoms. The summed E-state index contributed by atoms with van der Waals surface area (Å²) >= 11 is 1.66. The van der Waals surface area contributed by atoms with Crippen LogP contribution in [0.2, 0.25) is 0 Å². The van der Waals surface area contributed by atoms with Gasteiger partial charge in [0, 0.05) is 24.1 Å². The van der Waals surface area contributed by atoms with Crippen LogP contribution in [0.5, 0.6) is 0 Å². The number of rotatable bonds is 4. The second-order valence-corrected chi connectivity index (χ2v) is 3.95. The first-order valence-electron chi connectivity index (χ1n) is 4.13. The van der Waals surface area contributed by atoms with Gasteiger partial charge in [0.25, 0.3) is 0 Å². The monoisotopic (exact) mass is 201 g/mol. The quantitative estimate of drug-likeness (QED) is 0.698. The Morgan fingerprint density at radius 2 is 2.31 bits per heavy atom. The van der Waals surface area contributed by atoms with Crippen LogP contribution in [-0.2, 0) is 12.8 Å². The maximum absolute atomic E-state index is 8.62. The second-order valence-electron chi connectivity index (χ2n) is 2.85. The maximum Gasteiger partial charge on any atom is 0.125 e. The van der Waals surface area contributed by atoms with E-state index in [0.29, 0.717) is 0 Å². The number of aryl methyl sites for hydroxylation is 2. The van der Waals surface area contributed by atoms with Gasteiger partial charge >= 0.3 is 0 Å². The summed E-state index contributed by atoms with van der Waals surface area (Å²) in [6.07, 6.45) is 0. The third kappa shape index (κ3) is 2.38. The molecule has 1 rings (SSSR count). The van der Waals surface area contributed by atoms with Crippen molar-refractivity contribution in [1.29, 1.82) is 0 Å². The van der Waals surface area contributed by atoms with Crippen molar-refractivity contribution < 1.29 is 5.11 Å². The molecule has 4 nitrogen and oxygen atoms in total. The number of hydrogen-bond donors (Lipinski definition) is 2. The molecule has 3 N–H and O–H groups in total. The number of aromatic nitrogens is 2. The first-order chi connectivity index (χ1) is 6.16. The van der Waals surface area contributed by atoms with Gasteiger partial charge in [-0.15, -0.1) is 0 Å². The fourth-order valence-electron chi connectivity index (χ4n) is 1.14. The third-order valence-electron chi connectivity index (χ3n) is 1.88. The van der Waals surface area contributed by atoms with Crippen molar-refractivity contribution in [1.82, 2.24) is 9.78 Å². The topological polar surface area (TPSA) is 64.1 Å². The van der Waals surface area contributed by atoms with Crippen molar-refractivity contribution in [3.8, 4) is 0 Å². The normalized spacial score (nSPS) is 10.7. The lowest BCUT2D eigenvalue weighted by atomic mass is 10.3. The summed E-state index contributed by atoms with van der Waals surface area (Å²) in [6.45, 7) is 2.16. The fourth-order valence-corrected chi connectivity index (χ4v) is 1.97. The molecular weight excluding hydrogens is 186 g/mol. The average molecular weight is 201 g/mol. The highest BCUT2D eigenvalue weighted by molar-refractivity contribution is 7.98. The zero-order valence-corrected chi connectivity index (χ0v) is 8.77. The molecule has 0 saturated carbocycles. The van der Waals surface area contributed by atoms with Crippen LogP contribution in [0.25, 0.3) is 0 Å². The Hall–Kier alpha value is -0.680. The van der Waals surface area contributed by atoms with Gasteiger partial charge in [-0.1, -0.05) is 0 Å². The lowest BCUT2D eigenvalue weighted by molar-refractivity contribution is 0.322. The highest BCUT2D eigenvalue weighted by atomic mass is 32.2. The molecule has 0 unspecified atom stereocenters. The van der Waals surface area contributed by atoms with Gasteiger partial charge < -0.3 is 10.8 Å². The van der Waals surface area contributed by atoms with E-state index in [1.807, 2.05) is 14.0 Å². The predicted molar refractivity (Wildman–Crippen MR) is 55.6 cm³/mol. The number of aliphatic hydroxyl groups is 1. The molecule has 1 aromatic heterocycles. The molecule has 0 aliphatic rings. The molecule has 0 aromatic carbocycles. The molecule has 5 heteroatoms. The molecule has 0 spiro atoms. The summed E-state index contributed by atoms with van der Waals surface area (Å²) in [5.41, 5.74) is 7.87. The zero-order valence-electron chi connectivity index (χ0n) is 7.95. The molecule has 0 atom stereocenters. The van der Waals surface area contributed by atoms with E-state index in [-0.39, 0.29) is 6.61 Å². The van der Waals surface area contributed by atoms with E-state index in [0.717, 1.165) is 28.6 Å². The van der Waals surface area contributed by atoms with Crippen LogP contribution >= 0.6 is 11.8 Å². The Balaban J connectivity index is 2.64. The number of anilines is 1. The summed E-state index contributed by atoms with van der Waals surface area (Å²) in [5, 5.41) is 12.8. The zero-order chi connectivity index (χ0) is 9.84. The van der Waals surface area contributed by atoms with Gasteiger partial charge in [0.2, 0.25) is 0 Å². The van der Waals surface area contributed by atoms with E-state index in [1.54, 1.807) is 16.4 Å². The van der Waals surface area contributed by atoms with Gasteiger partial charge in [0.05, 0.1) is 12.3 Å². The Morgan fingerprint density at radius 3 is 2.77 bits per heavy atom. The van der Waals surface area contributed by atoms with Crippen LogP contribution < -0.4 is 5.73 Å². The highest BCUT2D eigenvalue weighted by Gasteiger charge is 2.09. The Morgan fingerprint density at radius 1 is 1.62 bits per heavy atom. The Bertz CT molecular complexity index is 285. The molecule has 0 aliphatic heterocycles. The molecule has 13 heavy (non-hydrogen) atoms. The Labute approximate surface area is 82.1 Å².